The molecular weight excluding hydrogens is 319 g/mol. The van der Waals surface area contributed by atoms with Gasteiger partial charge in [-0.3, -0.25) is 0 Å². The molecule has 3 rings (SSSR count). The Hall–Kier alpha value is -0.820. The van der Waals surface area contributed by atoms with Gasteiger partial charge in [0.15, 0.2) is 0 Å². The first-order chi connectivity index (χ1) is 11.7. The second-order valence-corrected chi connectivity index (χ2v) is 8.06. The molecule has 1 aromatic rings. The maximum absolute atomic E-state index is 14.1. The van der Waals surface area contributed by atoms with E-state index in [0.717, 1.165) is 23.8 Å². The zero-order chi connectivity index (χ0) is 16.9. The molecule has 2 fully saturated rings. The second-order valence-electron chi connectivity index (χ2n) is 7.81. The van der Waals surface area contributed by atoms with Crippen molar-refractivity contribution in [3.8, 4) is 0 Å². The van der Waals surface area contributed by atoms with Crippen molar-refractivity contribution in [3.05, 3.63) is 46.8 Å². The zero-order valence-corrected chi connectivity index (χ0v) is 15.6. The highest BCUT2D eigenvalue weighted by Crippen LogP contribution is 2.44. The third kappa shape index (κ3) is 4.23. The molecule has 0 nitrogen and oxygen atoms in total. The van der Waals surface area contributed by atoms with Gasteiger partial charge in [-0.2, -0.15) is 0 Å². The lowest BCUT2D eigenvalue weighted by atomic mass is 9.68. The van der Waals surface area contributed by atoms with Crippen LogP contribution in [-0.4, -0.2) is 0 Å². The summed E-state index contributed by atoms with van der Waals surface area (Å²) < 4.78 is 14.1. The van der Waals surface area contributed by atoms with Crippen LogP contribution in [0.15, 0.2) is 29.8 Å². The van der Waals surface area contributed by atoms with Crippen molar-refractivity contribution in [2.24, 2.45) is 17.8 Å². The minimum Gasteiger partial charge on any atom is -0.207 e. The number of aryl methyl sites for hydroxylation is 1. The van der Waals surface area contributed by atoms with Crippen LogP contribution in [0.5, 0.6) is 0 Å². The Kier molecular flexibility index (Phi) is 6.38. The highest BCUT2D eigenvalue weighted by Gasteiger charge is 2.30. The van der Waals surface area contributed by atoms with Crippen molar-refractivity contribution in [2.75, 3.05) is 0 Å². The van der Waals surface area contributed by atoms with Crippen molar-refractivity contribution in [2.45, 2.75) is 70.6 Å². The first kappa shape index (κ1) is 18.0. The Morgan fingerprint density at radius 1 is 1.00 bits per heavy atom. The number of hydrogen-bond acceptors (Lipinski definition) is 0. The molecule has 0 amide bonds. The fourth-order valence-corrected chi connectivity index (χ4v) is 5.15. The van der Waals surface area contributed by atoms with Crippen LogP contribution in [0.2, 0.25) is 0 Å². The van der Waals surface area contributed by atoms with Gasteiger partial charge in [-0.15, -0.1) is 0 Å². The average Bonchev–Trinajstić information content (AvgIpc) is 2.63. The summed E-state index contributed by atoms with van der Waals surface area (Å²) in [6.45, 7) is 2.01. The Morgan fingerprint density at radius 3 is 2.17 bits per heavy atom. The maximum atomic E-state index is 14.1. The minimum absolute atomic E-state index is 0.0113. The molecule has 0 saturated heterocycles. The van der Waals surface area contributed by atoms with Crippen molar-refractivity contribution in [1.29, 1.82) is 0 Å². The fourth-order valence-electron chi connectivity index (χ4n) is 4.94. The third-order valence-electron chi connectivity index (χ3n) is 6.53. The van der Waals surface area contributed by atoms with E-state index in [-0.39, 0.29) is 5.82 Å². The van der Waals surface area contributed by atoms with Crippen LogP contribution in [0.4, 0.5) is 4.39 Å². The van der Waals surface area contributed by atoms with Crippen LogP contribution in [0.25, 0.3) is 0 Å². The molecule has 24 heavy (non-hydrogen) atoms. The van der Waals surface area contributed by atoms with Gasteiger partial charge in [-0.05, 0) is 98.7 Å². The molecule has 0 unspecified atom stereocenters. The number of hydrogen-bond donors (Lipinski definition) is 0. The maximum Gasteiger partial charge on any atom is 0.126 e. The third-order valence-corrected chi connectivity index (χ3v) is 6.67. The van der Waals surface area contributed by atoms with E-state index in [2.05, 4.69) is 12.1 Å². The van der Waals surface area contributed by atoms with Crippen LogP contribution in [0.1, 0.15) is 75.3 Å². The van der Waals surface area contributed by atoms with Gasteiger partial charge in [0.25, 0.3) is 0 Å². The van der Waals surface area contributed by atoms with Crippen molar-refractivity contribution >= 4 is 11.6 Å². The summed E-state index contributed by atoms with van der Waals surface area (Å²) >= 11 is 5.72. The summed E-state index contributed by atoms with van der Waals surface area (Å²) in [6.07, 6.45) is 13.4. The largest absolute Gasteiger partial charge is 0.207 e. The van der Waals surface area contributed by atoms with E-state index < -0.39 is 0 Å². The molecule has 0 bridgehead atoms. The van der Waals surface area contributed by atoms with E-state index in [4.69, 9.17) is 11.6 Å². The highest BCUT2D eigenvalue weighted by atomic mass is 35.5. The fraction of sp³-hybridized carbons (Fsp3) is 0.636. The van der Waals surface area contributed by atoms with Crippen molar-refractivity contribution < 1.29 is 4.39 Å². The van der Waals surface area contributed by atoms with E-state index >= 15 is 0 Å². The predicted octanol–water partition coefficient (Wildman–Crippen LogP) is 7.22. The molecule has 2 aliphatic rings. The zero-order valence-electron chi connectivity index (χ0n) is 14.8. The Balaban J connectivity index is 1.52. The molecule has 0 radical (unpaired) electrons. The summed E-state index contributed by atoms with van der Waals surface area (Å²) in [5.41, 5.74) is 3.76. The topological polar surface area (TPSA) is 0 Å². The quantitative estimate of drug-likeness (QED) is 0.538. The molecule has 132 valence electrons. The summed E-state index contributed by atoms with van der Waals surface area (Å²) in [4.78, 5) is 0. The summed E-state index contributed by atoms with van der Waals surface area (Å²) in [5, 5.41) is 0. The van der Waals surface area contributed by atoms with Gasteiger partial charge in [0.05, 0.1) is 0 Å². The molecule has 0 N–H and O–H groups in total. The van der Waals surface area contributed by atoms with Gasteiger partial charge in [0.1, 0.15) is 5.82 Å². The Labute approximate surface area is 151 Å². The summed E-state index contributed by atoms with van der Waals surface area (Å²) in [6, 6.07) is 5.95. The Bertz CT molecular complexity index is 549. The van der Waals surface area contributed by atoms with E-state index in [1.165, 1.54) is 56.9 Å². The highest BCUT2D eigenvalue weighted by molar-refractivity contribution is 6.25. The smallest absolute Gasteiger partial charge is 0.126 e. The summed E-state index contributed by atoms with van der Waals surface area (Å²) in [5.74, 6) is 3.06. The van der Waals surface area contributed by atoms with Crippen LogP contribution in [-0.2, 0) is 6.42 Å². The minimum atomic E-state index is -0.0113. The lowest BCUT2D eigenvalue weighted by molar-refractivity contribution is 0.171. The van der Waals surface area contributed by atoms with Gasteiger partial charge >= 0.3 is 0 Å². The standard InChI is InChI=1S/C22H30ClF/c1-2-17-7-12-21(15-22(17)24)20-10-8-19(9-11-20)18-5-3-16(4-6-18)13-14-23/h7,12-16,18-20H,2-6,8-11H2,1H3. The molecule has 0 aromatic heterocycles. The summed E-state index contributed by atoms with van der Waals surface area (Å²) in [7, 11) is 0. The number of allylic oxidation sites excluding steroid dienone is 1. The van der Waals surface area contributed by atoms with Crippen molar-refractivity contribution in [1.82, 2.24) is 0 Å². The van der Waals surface area contributed by atoms with E-state index in [9.17, 15) is 4.39 Å². The van der Waals surface area contributed by atoms with E-state index in [1.807, 2.05) is 13.0 Å². The lowest BCUT2D eigenvalue weighted by Crippen LogP contribution is -2.25. The normalized spacial score (nSPS) is 31.5. The first-order valence-electron chi connectivity index (χ1n) is 9.76. The van der Waals surface area contributed by atoms with Crippen LogP contribution in [0.3, 0.4) is 0 Å². The van der Waals surface area contributed by atoms with Gasteiger partial charge < -0.3 is 0 Å². The Morgan fingerprint density at radius 2 is 1.62 bits per heavy atom. The van der Waals surface area contributed by atoms with Gasteiger partial charge in [-0.1, -0.05) is 36.7 Å². The molecule has 0 heterocycles. The van der Waals surface area contributed by atoms with Gasteiger partial charge in [0, 0.05) is 5.54 Å². The molecule has 0 aliphatic heterocycles. The molecule has 0 spiro atoms. The monoisotopic (exact) mass is 348 g/mol. The van der Waals surface area contributed by atoms with Crippen molar-refractivity contribution in [3.63, 3.8) is 0 Å². The molecule has 0 atom stereocenters. The SMILES string of the molecule is CCc1ccc(C2CCC(C3CCC(C=CCl)CC3)CC2)cc1F. The average molecular weight is 349 g/mol. The predicted molar refractivity (Wildman–Crippen MR) is 101 cm³/mol. The number of benzene rings is 1. The first-order valence-corrected chi connectivity index (χ1v) is 10.2. The van der Waals surface area contributed by atoms with E-state index in [0.29, 0.717) is 11.8 Å². The lowest BCUT2D eigenvalue weighted by Gasteiger charge is -2.37. The molecule has 2 heteroatoms. The van der Waals surface area contributed by atoms with E-state index in [1.54, 1.807) is 11.6 Å². The molecule has 2 saturated carbocycles. The van der Waals surface area contributed by atoms with Gasteiger partial charge in [0.2, 0.25) is 0 Å². The van der Waals surface area contributed by atoms with Gasteiger partial charge in [-0.25, -0.2) is 4.39 Å². The second kappa shape index (κ2) is 8.52. The molecular formula is C22H30ClF. The number of halogens is 2. The molecule has 1 aromatic carbocycles. The number of rotatable bonds is 4. The van der Waals surface area contributed by atoms with Crippen LogP contribution < -0.4 is 0 Å². The van der Waals surface area contributed by atoms with Crippen LogP contribution in [0, 0.1) is 23.6 Å². The molecule has 2 aliphatic carbocycles. The van der Waals surface area contributed by atoms with Crippen LogP contribution >= 0.6 is 11.6 Å².